The van der Waals surface area contributed by atoms with E-state index in [1.807, 2.05) is 11.0 Å². The summed E-state index contributed by atoms with van der Waals surface area (Å²) in [6.45, 7) is 1.25. The Bertz CT molecular complexity index is 983. The van der Waals surface area contributed by atoms with Crippen molar-refractivity contribution in [2.45, 2.75) is 24.9 Å². The number of carbonyl (C=O) groups excluding carboxylic acids is 1. The van der Waals surface area contributed by atoms with Crippen LogP contribution >= 0.6 is 0 Å². The highest BCUT2D eigenvalue weighted by molar-refractivity contribution is 5.97. The molecule has 4 rings (SSSR count). The standard InChI is InChI=1S/C21H21N7O/c22-7-2-9-26-20-18(3-1-8-25-20)21(29)27-13-16-4-5-17(14-27)28(16)19-11-15(12-23)6-10-24-19/h1-3,6-11,16-17,22H,4-5,13-14H2,(H,25,26)/p+1/b9-2-,22-7?. The molecule has 2 aliphatic heterocycles. The molecule has 2 aromatic rings. The van der Waals surface area contributed by atoms with Gasteiger partial charge in [0.25, 0.3) is 5.91 Å². The van der Waals surface area contributed by atoms with Crippen molar-refractivity contribution in [3.05, 3.63) is 60.1 Å². The molecule has 2 aliphatic rings. The van der Waals surface area contributed by atoms with Gasteiger partial charge in [0.05, 0.1) is 11.6 Å². The van der Waals surface area contributed by atoms with E-state index in [0.29, 0.717) is 30.0 Å². The van der Waals surface area contributed by atoms with Crippen LogP contribution in [0.5, 0.6) is 0 Å². The van der Waals surface area contributed by atoms with Crippen LogP contribution in [0.4, 0.5) is 11.6 Å². The number of anilines is 1. The minimum absolute atomic E-state index is 0.0251. The van der Waals surface area contributed by atoms with E-state index in [0.717, 1.165) is 18.7 Å². The monoisotopic (exact) mass is 388 g/mol. The number of piperazine rings is 1. The molecular weight excluding hydrogens is 366 g/mol. The molecule has 0 aromatic carbocycles. The lowest BCUT2D eigenvalue weighted by atomic mass is 10.1. The van der Waals surface area contributed by atoms with E-state index < -0.39 is 0 Å². The number of pyridine rings is 2. The Morgan fingerprint density at radius 3 is 2.76 bits per heavy atom. The first kappa shape index (κ1) is 18.8. The van der Waals surface area contributed by atoms with Crippen LogP contribution < -0.4 is 10.2 Å². The third kappa shape index (κ3) is 3.73. The summed E-state index contributed by atoms with van der Waals surface area (Å²) in [5.74, 6) is 1.40. The number of hydrogen-bond donors (Lipinski definition) is 2. The van der Waals surface area contributed by atoms with Gasteiger partial charge >= 0.3 is 0 Å². The van der Waals surface area contributed by atoms with E-state index in [1.165, 1.54) is 6.21 Å². The number of rotatable bonds is 5. The Kier molecular flexibility index (Phi) is 5.31. The molecule has 0 saturated carbocycles. The quantitative estimate of drug-likeness (QED) is 0.747. The second-order valence-corrected chi connectivity index (χ2v) is 7.17. The Labute approximate surface area is 169 Å². The molecule has 29 heavy (non-hydrogen) atoms. The van der Waals surface area contributed by atoms with Gasteiger partial charge in [-0.1, -0.05) is 0 Å². The zero-order chi connectivity index (χ0) is 20.2. The van der Waals surface area contributed by atoms with Gasteiger partial charge in [-0.3, -0.25) is 10.1 Å². The highest BCUT2D eigenvalue weighted by Crippen LogP contribution is 2.34. The number of nitrogens with one attached hydrogen (secondary N) is 1. The van der Waals surface area contributed by atoms with Crippen molar-refractivity contribution in [2.75, 3.05) is 18.0 Å². The summed E-state index contributed by atoms with van der Waals surface area (Å²) < 4.78 is 0. The van der Waals surface area contributed by atoms with Crippen molar-refractivity contribution in [2.24, 2.45) is 0 Å². The predicted octanol–water partition coefficient (Wildman–Crippen LogP) is 1.20. The van der Waals surface area contributed by atoms with Crippen LogP contribution in [0, 0.1) is 16.7 Å². The number of nitrogens with two attached hydrogens (primary N) is 1. The number of hydrogen-bond acceptors (Lipinski definition) is 6. The molecule has 0 spiro atoms. The van der Waals surface area contributed by atoms with Crippen LogP contribution in [0.3, 0.4) is 0 Å². The van der Waals surface area contributed by atoms with E-state index in [-0.39, 0.29) is 18.0 Å². The molecule has 2 saturated heterocycles. The molecule has 8 heteroatoms. The molecule has 2 aromatic heterocycles. The highest BCUT2D eigenvalue weighted by Gasteiger charge is 2.42. The van der Waals surface area contributed by atoms with Crippen molar-refractivity contribution in [3.63, 3.8) is 0 Å². The lowest BCUT2D eigenvalue weighted by molar-refractivity contribution is -0.500. The number of likely N-dealkylation sites (tertiary alicyclic amines) is 1. The van der Waals surface area contributed by atoms with Gasteiger partial charge in [-0.15, -0.1) is 0 Å². The summed E-state index contributed by atoms with van der Waals surface area (Å²) in [6, 6.07) is 9.66. The molecule has 0 radical (unpaired) electrons. The third-order valence-electron chi connectivity index (χ3n) is 5.44. The number of nitrogens with zero attached hydrogens (tertiary/aromatic N) is 5. The summed E-state index contributed by atoms with van der Waals surface area (Å²) in [5, 5.41) is 18.0. The van der Waals surface area contributed by atoms with Crippen molar-refractivity contribution in [1.29, 1.82) is 10.7 Å². The van der Waals surface area contributed by atoms with E-state index in [4.69, 9.17) is 5.41 Å². The van der Waals surface area contributed by atoms with Crippen LogP contribution in [-0.4, -0.2) is 52.2 Å². The topological polar surface area (TPSA) is 114 Å². The van der Waals surface area contributed by atoms with Crippen LogP contribution in [0.25, 0.3) is 0 Å². The van der Waals surface area contributed by atoms with Gasteiger partial charge in [-0.2, -0.15) is 5.26 Å². The van der Waals surface area contributed by atoms with Crippen LogP contribution in [-0.2, 0) is 0 Å². The van der Waals surface area contributed by atoms with Crippen LogP contribution in [0.1, 0.15) is 28.8 Å². The fourth-order valence-electron chi connectivity index (χ4n) is 4.18. The lowest BCUT2D eigenvalue weighted by Gasteiger charge is -2.41. The summed E-state index contributed by atoms with van der Waals surface area (Å²) in [6.07, 6.45) is 9.82. The first-order valence-corrected chi connectivity index (χ1v) is 9.60. The molecule has 2 unspecified atom stereocenters. The van der Waals surface area contributed by atoms with Gasteiger partial charge in [-0.25, -0.2) is 9.97 Å². The van der Waals surface area contributed by atoms with Gasteiger partial charge in [-0.05, 0) is 37.1 Å². The number of allylic oxidation sites excluding steroid dienone is 1. The zero-order valence-electron chi connectivity index (χ0n) is 15.9. The largest absolute Gasteiger partial charge is 0.347 e. The predicted molar refractivity (Wildman–Crippen MR) is 108 cm³/mol. The number of carbonyl (C=O) groups is 1. The molecular formula is C21H22N7O+. The summed E-state index contributed by atoms with van der Waals surface area (Å²) >= 11 is 0. The fourth-order valence-corrected chi connectivity index (χ4v) is 4.18. The molecule has 146 valence electrons. The van der Waals surface area contributed by atoms with Crippen molar-refractivity contribution >= 4 is 23.8 Å². The normalized spacial score (nSPS) is 20.7. The SMILES string of the molecule is N#Cc1ccnc(N2C3CCC2CN(C(=O)c2cccnc2[NH2+]/C=C\C=N)C3)c1. The maximum Gasteiger partial charge on any atom is 0.261 e. The van der Waals surface area contributed by atoms with E-state index in [2.05, 4.69) is 20.9 Å². The molecule has 2 fully saturated rings. The fraction of sp³-hybridized carbons (Fsp3) is 0.286. The molecule has 3 N–H and O–H groups in total. The second-order valence-electron chi connectivity index (χ2n) is 7.17. The number of nitriles is 1. The molecule has 2 atom stereocenters. The second kappa shape index (κ2) is 8.20. The lowest BCUT2D eigenvalue weighted by Crippen LogP contribution is -2.72. The Morgan fingerprint density at radius 2 is 2.03 bits per heavy atom. The van der Waals surface area contributed by atoms with Gasteiger partial charge in [0, 0.05) is 49.9 Å². The van der Waals surface area contributed by atoms with Gasteiger partial charge in [0.2, 0.25) is 5.82 Å². The van der Waals surface area contributed by atoms with Crippen LogP contribution in [0.2, 0.25) is 0 Å². The molecule has 4 heterocycles. The van der Waals surface area contributed by atoms with E-state index in [1.54, 1.807) is 48.2 Å². The smallest absolute Gasteiger partial charge is 0.261 e. The van der Waals surface area contributed by atoms with Crippen LogP contribution in [0.15, 0.2) is 48.9 Å². The summed E-state index contributed by atoms with van der Waals surface area (Å²) in [5.41, 5.74) is 1.17. The van der Waals surface area contributed by atoms with E-state index in [9.17, 15) is 10.1 Å². The minimum Gasteiger partial charge on any atom is -0.347 e. The minimum atomic E-state index is -0.0251. The number of aromatic nitrogens is 2. The van der Waals surface area contributed by atoms with Crippen molar-refractivity contribution < 1.29 is 10.1 Å². The van der Waals surface area contributed by atoms with Gasteiger partial charge in [0.1, 0.15) is 17.6 Å². The maximum absolute atomic E-state index is 13.2. The van der Waals surface area contributed by atoms with Crippen molar-refractivity contribution in [3.8, 4) is 6.07 Å². The molecule has 8 nitrogen and oxygen atoms in total. The molecule has 1 amide bonds. The average molecular weight is 388 g/mol. The zero-order valence-corrected chi connectivity index (χ0v) is 15.9. The Hall–Kier alpha value is -3.57. The first-order chi connectivity index (χ1) is 14.2. The Balaban J connectivity index is 1.53. The first-order valence-electron chi connectivity index (χ1n) is 9.60. The average Bonchev–Trinajstić information content (AvgIpc) is 3.03. The summed E-state index contributed by atoms with van der Waals surface area (Å²) in [4.78, 5) is 26.2. The third-order valence-corrected chi connectivity index (χ3v) is 5.44. The van der Waals surface area contributed by atoms with Crippen molar-refractivity contribution in [1.82, 2.24) is 14.9 Å². The number of amides is 1. The van der Waals surface area contributed by atoms with E-state index >= 15 is 0 Å². The Morgan fingerprint density at radius 1 is 1.24 bits per heavy atom. The van der Waals surface area contributed by atoms with Gasteiger partial charge in [0.15, 0.2) is 0 Å². The number of fused-ring (bicyclic) bond motifs is 2. The maximum atomic E-state index is 13.2. The molecule has 0 aliphatic carbocycles. The van der Waals surface area contributed by atoms with Gasteiger partial charge < -0.3 is 15.2 Å². The summed E-state index contributed by atoms with van der Waals surface area (Å²) in [7, 11) is 0. The highest BCUT2D eigenvalue weighted by atomic mass is 16.2. The molecule has 2 bridgehead atoms. The number of quaternary nitrogens is 1.